The highest BCUT2D eigenvalue weighted by molar-refractivity contribution is 7.09. The molecule has 1 heterocycles. The molecular formula is C12H17NOS. The minimum Gasteiger partial charge on any atom is -0.356 e. The fourth-order valence-corrected chi connectivity index (χ4v) is 2.03. The van der Waals surface area contributed by atoms with Gasteiger partial charge in [0.05, 0.1) is 0 Å². The summed E-state index contributed by atoms with van der Waals surface area (Å²) in [6.45, 7) is 4.31. The molecule has 3 heteroatoms. The molecule has 0 aromatic carbocycles. The van der Waals surface area contributed by atoms with Crippen LogP contribution in [0.1, 0.15) is 24.1 Å². The van der Waals surface area contributed by atoms with Crippen LogP contribution >= 0.6 is 11.3 Å². The van der Waals surface area contributed by atoms with Crippen LogP contribution in [-0.4, -0.2) is 12.5 Å². The van der Waals surface area contributed by atoms with Gasteiger partial charge in [-0.15, -0.1) is 17.9 Å². The third kappa shape index (κ3) is 5.37. The van der Waals surface area contributed by atoms with E-state index < -0.39 is 0 Å². The van der Waals surface area contributed by atoms with E-state index in [0.29, 0.717) is 13.0 Å². The highest BCUT2D eigenvalue weighted by Gasteiger charge is 2.00. The first kappa shape index (κ1) is 12.0. The summed E-state index contributed by atoms with van der Waals surface area (Å²) in [5.74, 6) is 0.147. The van der Waals surface area contributed by atoms with Gasteiger partial charge in [0.1, 0.15) is 0 Å². The molecule has 1 aromatic rings. The summed E-state index contributed by atoms with van der Waals surface area (Å²) in [6.07, 6.45) is 5.21. The fourth-order valence-electron chi connectivity index (χ4n) is 1.28. The lowest BCUT2D eigenvalue weighted by Crippen LogP contribution is -2.23. The molecule has 2 nitrogen and oxygen atoms in total. The van der Waals surface area contributed by atoms with E-state index in [2.05, 4.69) is 23.3 Å². The summed E-state index contributed by atoms with van der Waals surface area (Å²) >= 11 is 1.75. The van der Waals surface area contributed by atoms with Gasteiger partial charge in [-0.3, -0.25) is 4.79 Å². The number of rotatable bonds is 7. The predicted molar refractivity (Wildman–Crippen MR) is 65.1 cm³/mol. The summed E-state index contributed by atoms with van der Waals surface area (Å²) in [4.78, 5) is 12.7. The summed E-state index contributed by atoms with van der Waals surface area (Å²) in [5, 5.41) is 4.93. The zero-order valence-electron chi connectivity index (χ0n) is 8.87. The Morgan fingerprint density at radius 3 is 3.13 bits per heavy atom. The monoisotopic (exact) mass is 223 g/mol. The maximum absolute atomic E-state index is 11.3. The fraction of sp³-hybridized carbons (Fsp3) is 0.417. The van der Waals surface area contributed by atoms with Crippen LogP contribution in [0.5, 0.6) is 0 Å². The van der Waals surface area contributed by atoms with E-state index in [-0.39, 0.29) is 5.91 Å². The van der Waals surface area contributed by atoms with Crippen molar-refractivity contribution in [2.24, 2.45) is 0 Å². The van der Waals surface area contributed by atoms with Crippen molar-refractivity contribution in [3.8, 4) is 0 Å². The lowest BCUT2D eigenvalue weighted by atomic mass is 10.2. The van der Waals surface area contributed by atoms with Crippen molar-refractivity contribution in [1.29, 1.82) is 0 Å². The maximum atomic E-state index is 11.3. The van der Waals surface area contributed by atoms with E-state index >= 15 is 0 Å². The Morgan fingerprint density at radius 2 is 2.47 bits per heavy atom. The van der Waals surface area contributed by atoms with E-state index in [1.54, 1.807) is 11.3 Å². The molecule has 0 saturated heterocycles. The molecule has 0 unspecified atom stereocenters. The van der Waals surface area contributed by atoms with Crippen molar-refractivity contribution >= 4 is 17.2 Å². The van der Waals surface area contributed by atoms with E-state index in [4.69, 9.17) is 0 Å². The summed E-state index contributed by atoms with van der Waals surface area (Å²) in [5.41, 5.74) is 0. The first-order chi connectivity index (χ1) is 7.33. The van der Waals surface area contributed by atoms with Gasteiger partial charge in [0.25, 0.3) is 0 Å². The first-order valence-electron chi connectivity index (χ1n) is 5.23. The SMILES string of the molecule is C=CCCNC(=O)CCCc1cccs1. The Morgan fingerprint density at radius 1 is 1.60 bits per heavy atom. The van der Waals surface area contributed by atoms with Crippen molar-refractivity contribution in [3.05, 3.63) is 35.0 Å². The molecule has 1 amide bonds. The Hall–Kier alpha value is -1.09. The lowest BCUT2D eigenvalue weighted by molar-refractivity contribution is -0.121. The average Bonchev–Trinajstić information content (AvgIpc) is 2.71. The number of aryl methyl sites for hydroxylation is 1. The third-order valence-electron chi connectivity index (χ3n) is 2.08. The number of carbonyl (C=O) groups is 1. The summed E-state index contributed by atoms with van der Waals surface area (Å²) in [6, 6.07) is 4.16. The normalized spacial score (nSPS) is 9.87. The van der Waals surface area contributed by atoms with Crippen LogP contribution in [0, 0.1) is 0 Å². The van der Waals surface area contributed by atoms with Crippen molar-refractivity contribution < 1.29 is 4.79 Å². The largest absolute Gasteiger partial charge is 0.356 e. The molecule has 1 aromatic heterocycles. The van der Waals surface area contributed by atoms with Gasteiger partial charge < -0.3 is 5.32 Å². The second kappa shape index (κ2) is 7.23. The minimum absolute atomic E-state index is 0.147. The van der Waals surface area contributed by atoms with E-state index in [9.17, 15) is 4.79 Å². The highest BCUT2D eigenvalue weighted by Crippen LogP contribution is 2.11. The third-order valence-corrected chi connectivity index (χ3v) is 3.01. The summed E-state index contributed by atoms with van der Waals surface area (Å²) in [7, 11) is 0. The second-order valence-corrected chi connectivity index (χ2v) is 4.39. The van der Waals surface area contributed by atoms with Crippen molar-refractivity contribution in [2.45, 2.75) is 25.7 Å². The van der Waals surface area contributed by atoms with Crippen LogP contribution in [0.25, 0.3) is 0 Å². The molecule has 15 heavy (non-hydrogen) atoms. The Kier molecular flexibility index (Phi) is 5.78. The molecule has 0 atom stereocenters. The van der Waals surface area contributed by atoms with Crippen LogP contribution in [0.4, 0.5) is 0 Å². The van der Waals surface area contributed by atoms with Gasteiger partial charge in [-0.25, -0.2) is 0 Å². The van der Waals surface area contributed by atoms with Crippen LogP contribution in [-0.2, 0) is 11.2 Å². The van der Waals surface area contributed by atoms with Crippen LogP contribution in [0.2, 0.25) is 0 Å². The second-order valence-electron chi connectivity index (χ2n) is 3.36. The van der Waals surface area contributed by atoms with E-state index in [0.717, 1.165) is 19.3 Å². The van der Waals surface area contributed by atoms with Crippen molar-refractivity contribution in [1.82, 2.24) is 5.32 Å². The smallest absolute Gasteiger partial charge is 0.220 e. The van der Waals surface area contributed by atoms with Gasteiger partial charge in [-0.2, -0.15) is 0 Å². The number of thiophene rings is 1. The van der Waals surface area contributed by atoms with Gasteiger partial charge in [0.2, 0.25) is 5.91 Å². The topological polar surface area (TPSA) is 29.1 Å². The molecule has 0 aliphatic heterocycles. The molecule has 0 radical (unpaired) electrons. The van der Waals surface area contributed by atoms with Crippen molar-refractivity contribution in [2.75, 3.05) is 6.54 Å². The van der Waals surface area contributed by atoms with Gasteiger partial charge in [0, 0.05) is 17.8 Å². The zero-order valence-corrected chi connectivity index (χ0v) is 9.69. The predicted octanol–water partition coefficient (Wildman–Crippen LogP) is 2.76. The molecule has 1 N–H and O–H groups in total. The number of hydrogen-bond donors (Lipinski definition) is 1. The van der Waals surface area contributed by atoms with Gasteiger partial charge >= 0.3 is 0 Å². The number of amides is 1. The molecule has 0 saturated carbocycles. The number of nitrogens with one attached hydrogen (secondary N) is 1. The minimum atomic E-state index is 0.147. The van der Waals surface area contributed by atoms with Gasteiger partial charge in [-0.1, -0.05) is 12.1 Å². The molecule has 0 aliphatic carbocycles. The molecule has 1 rings (SSSR count). The highest BCUT2D eigenvalue weighted by atomic mass is 32.1. The van der Waals surface area contributed by atoms with Gasteiger partial charge in [0.15, 0.2) is 0 Å². The number of hydrogen-bond acceptors (Lipinski definition) is 2. The van der Waals surface area contributed by atoms with Crippen LogP contribution < -0.4 is 5.32 Å². The van der Waals surface area contributed by atoms with E-state index in [1.165, 1.54) is 4.88 Å². The Labute approximate surface area is 95.0 Å². The first-order valence-corrected chi connectivity index (χ1v) is 6.11. The molecule has 0 aliphatic rings. The molecular weight excluding hydrogens is 206 g/mol. The zero-order chi connectivity index (χ0) is 10.9. The molecule has 82 valence electrons. The standard InChI is InChI=1S/C12H17NOS/c1-2-3-9-13-12(14)8-4-6-11-7-5-10-15-11/h2,5,7,10H,1,3-4,6,8-9H2,(H,13,14). The van der Waals surface area contributed by atoms with E-state index in [1.807, 2.05) is 12.1 Å². The molecule has 0 spiro atoms. The molecule has 0 fully saturated rings. The lowest BCUT2D eigenvalue weighted by Gasteiger charge is -2.02. The van der Waals surface area contributed by atoms with Crippen LogP contribution in [0.3, 0.4) is 0 Å². The summed E-state index contributed by atoms with van der Waals surface area (Å²) < 4.78 is 0. The number of carbonyl (C=O) groups excluding carboxylic acids is 1. The van der Waals surface area contributed by atoms with Crippen molar-refractivity contribution in [3.63, 3.8) is 0 Å². The van der Waals surface area contributed by atoms with Crippen LogP contribution in [0.15, 0.2) is 30.2 Å². The molecule has 0 bridgehead atoms. The average molecular weight is 223 g/mol. The quantitative estimate of drug-likeness (QED) is 0.559. The van der Waals surface area contributed by atoms with Gasteiger partial charge in [-0.05, 0) is 30.7 Å². The Bertz CT molecular complexity index is 293. The maximum Gasteiger partial charge on any atom is 0.220 e. The Balaban J connectivity index is 2.04.